The third-order valence-corrected chi connectivity index (χ3v) is 6.85. The van der Waals surface area contributed by atoms with Gasteiger partial charge in [-0.2, -0.15) is 10.5 Å². The van der Waals surface area contributed by atoms with Crippen molar-refractivity contribution in [3.05, 3.63) is 76.6 Å². The van der Waals surface area contributed by atoms with Gasteiger partial charge in [0.05, 0.1) is 22.1 Å². The molecule has 0 atom stereocenters. The van der Waals surface area contributed by atoms with Gasteiger partial charge in [-0.05, 0) is 42.2 Å². The number of carboxylic acids is 1. The highest BCUT2D eigenvalue weighted by atomic mass is 32.2. The second-order valence-electron chi connectivity index (χ2n) is 7.36. The van der Waals surface area contributed by atoms with Gasteiger partial charge in [0, 0.05) is 24.8 Å². The number of sulfonamides is 1. The first-order valence-electron chi connectivity index (χ1n) is 10.2. The summed E-state index contributed by atoms with van der Waals surface area (Å²) in [5.74, 6) is -1.11. The zero-order chi connectivity index (χ0) is 24.2. The molecule has 1 heterocycles. The van der Waals surface area contributed by atoms with Gasteiger partial charge in [0.2, 0.25) is 10.0 Å². The molecule has 0 fully saturated rings. The van der Waals surface area contributed by atoms with Crippen LogP contribution in [0, 0.1) is 22.7 Å². The van der Waals surface area contributed by atoms with Crippen molar-refractivity contribution < 1.29 is 18.3 Å². The van der Waals surface area contributed by atoms with Crippen molar-refractivity contribution in [2.45, 2.75) is 24.7 Å². The van der Waals surface area contributed by atoms with E-state index in [4.69, 9.17) is 5.26 Å². The molecule has 2 aromatic carbocycles. The van der Waals surface area contributed by atoms with Crippen molar-refractivity contribution in [1.29, 1.82) is 10.5 Å². The van der Waals surface area contributed by atoms with Crippen molar-refractivity contribution in [3.8, 4) is 23.3 Å². The van der Waals surface area contributed by atoms with Gasteiger partial charge in [-0.1, -0.05) is 37.3 Å². The van der Waals surface area contributed by atoms with Crippen LogP contribution in [-0.2, 0) is 29.9 Å². The molecule has 0 amide bonds. The maximum atomic E-state index is 12.5. The van der Waals surface area contributed by atoms with Crippen LogP contribution in [-0.4, -0.2) is 30.6 Å². The van der Waals surface area contributed by atoms with Crippen LogP contribution in [0.2, 0.25) is 0 Å². The number of hydrogen-bond donors (Lipinski definition) is 2. The van der Waals surface area contributed by atoms with Crippen LogP contribution in [0.25, 0.3) is 11.1 Å². The maximum absolute atomic E-state index is 12.5. The number of benzene rings is 2. The highest BCUT2D eigenvalue weighted by Crippen LogP contribution is 2.32. The molecular weight excluding hydrogens is 440 g/mol. The zero-order valence-electron chi connectivity index (χ0n) is 18.2. The van der Waals surface area contributed by atoms with Gasteiger partial charge >= 0.3 is 5.97 Å². The minimum absolute atomic E-state index is 0.0259. The minimum Gasteiger partial charge on any atom is -0.477 e. The Kier molecular flexibility index (Phi) is 6.98. The fourth-order valence-corrected chi connectivity index (χ4v) is 4.86. The van der Waals surface area contributed by atoms with Crippen molar-refractivity contribution in [2.75, 3.05) is 6.54 Å². The summed E-state index contributed by atoms with van der Waals surface area (Å²) in [5, 5.41) is 28.3. The van der Waals surface area contributed by atoms with Gasteiger partial charge in [0.1, 0.15) is 11.8 Å². The highest BCUT2D eigenvalue weighted by Gasteiger charge is 2.25. The van der Waals surface area contributed by atoms with Crippen molar-refractivity contribution in [3.63, 3.8) is 0 Å². The average molecular weight is 463 g/mol. The van der Waals surface area contributed by atoms with Gasteiger partial charge < -0.3 is 9.67 Å². The van der Waals surface area contributed by atoms with E-state index in [1.807, 2.05) is 13.0 Å². The second kappa shape index (κ2) is 9.70. The van der Waals surface area contributed by atoms with E-state index in [1.54, 1.807) is 35.9 Å². The Labute approximate surface area is 192 Å². The summed E-state index contributed by atoms with van der Waals surface area (Å²) >= 11 is 0. The minimum atomic E-state index is -3.75. The Morgan fingerprint density at radius 1 is 1.12 bits per heavy atom. The van der Waals surface area contributed by atoms with Crippen molar-refractivity contribution in [2.24, 2.45) is 7.05 Å². The molecular formula is C24H22N4O4S. The van der Waals surface area contributed by atoms with E-state index < -0.39 is 16.0 Å². The van der Waals surface area contributed by atoms with Gasteiger partial charge in [0.25, 0.3) is 0 Å². The molecule has 0 unspecified atom stereocenters. The van der Waals surface area contributed by atoms with Crippen LogP contribution in [0.3, 0.4) is 0 Å². The molecule has 9 heteroatoms. The molecule has 0 saturated heterocycles. The average Bonchev–Trinajstić information content (AvgIpc) is 3.10. The lowest BCUT2D eigenvalue weighted by Gasteiger charge is -2.08. The number of aromatic nitrogens is 1. The lowest BCUT2D eigenvalue weighted by molar-refractivity contribution is 0.0687. The fourth-order valence-electron chi connectivity index (χ4n) is 3.78. The predicted octanol–water partition coefficient (Wildman–Crippen LogP) is 3.22. The van der Waals surface area contributed by atoms with Gasteiger partial charge in [-0.3, -0.25) is 0 Å². The Morgan fingerprint density at radius 3 is 2.39 bits per heavy atom. The molecule has 0 spiro atoms. The molecule has 0 saturated carbocycles. The van der Waals surface area contributed by atoms with Gasteiger partial charge in [-0.15, -0.1) is 0 Å². The molecule has 0 bridgehead atoms. The first-order valence-corrected chi connectivity index (χ1v) is 11.7. The van der Waals surface area contributed by atoms with Gasteiger partial charge in [0.15, 0.2) is 0 Å². The number of rotatable bonds is 8. The first kappa shape index (κ1) is 23.7. The molecule has 0 aliphatic rings. The molecule has 33 heavy (non-hydrogen) atoms. The molecule has 2 N–H and O–H groups in total. The Bertz CT molecular complexity index is 1390. The van der Waals surface area contributed by atoms with Gasteiger partial charge in [-0.25, -0.2) is 17.9 Å². The van der Waals surface area contributed by atoms with E-state index in [1.165, 1.54) is 24.3 Å². The number of nitrogens with one attached hydrogen (secondary N) is 1. The quantitative estimate of drug-likeness (QED) is 0.527. The normalized spacial score (nSPS) is 11.0. The third kappa shape index (κ3) is 4.80. The standard InChI is InChI=1S/C24H22N4O4S/c1-3-21-20(15-26)22(23(24(29)30)28(21)2)18-9-7-16(8-10-18)11-12-27-33(31,32)19-6-4-5-17(13-19)14-25/h4-10,13,27H,3,11-12H2,1-2H3,(H,29,30). The van der Waals surface area contributed by atoms with Crippen LogP contribution in [0.5, 0.6) is 0 Å². The Morgan fingerprint density at radius 2 is 1.82 bits per heavy atom. The zero-order valence-corrected chi connectivity index (χ0v) is 19.0. The van der Waals surface area contributed by atoms with Crippen LogP contribution in [0.1, 0.15) is 39.8 Å². The van der Waals surface area contributed by atoms with E-state index >= 15 is 0 Å². The molecule has 1 aromatic heterocycles. The van der Waals surface area contributed by atoms with E-state index in [9.17, 15) is 23.6 Å². The molecule has 0 aliphatic heterocycles. The smallest absolute Gasteiger partial charge is 0.353 e. The van der Waals surface area contributed by atoms with Crippen molar-refractivity contribution in [1.82, 2.24) is 9.29 Å². The molecule has 3 aromatic rings. The Hall–Kier alpha value is -3.92. The van der Waals surface area contributed by atoms with Crippen LogP contribution in [0.15, 0.2) is 53.4 Å². The molecule has 8 nitrogen and oxygen atoms in total. The summed E-state index contributed by atoms with van der Waals surface area (Å²) in [5.41, 5.74) is 3.16. The molecule has 0 aliphatic carbocycles. The Balaban J connectivity index is 1.79. The number of nitrogens with zero attached hydrogens (tertiary/aromatic N) is 3. The summed E-state index contributed by atoms with van der Waals surface area (Å²) in [7, 11) is -2.11. The maximum Gasteiger partial charge on any atom is 0.353 e. The van der Waals surface area contributed by atoms with Crippen LogP contribution >= 0.6 is 0 Å². The van der Waals surface area contributed by atoms with Crippen LogP contribution < -0.4 is 4.72 Å². The first-order chi connectivity index (χ1) is 15.7. The number of carboxylic acid groups (broad SMARTS) is 1. The van der Waals surface area contributed by atoms with E-state index in [0.717, 1.165) is 5.56 Å². The SMILES string of the molecule is CCc1c(C#N)c(-c2ccc(CCNS(=O)(=O)c3cccc(C#N)c3)cc2)c(C(=O)O)n1C. The summed E-state index contributed by atoms with van der Waals surface area (Å²) in [6, 6.07) is 16.9. The number of aromatic carboxylic acids is 1. The number of nitriles is 2. The highest BCUT2D eigenvalue weighted by molar-refractivity contribution is 7.89. The fraction of sp³-hybridized carbons (Fsp3) is 0.208. The van der Waals surface area contributed by atoms with Crippen molar-refractivity contribution >= 4 is 16.0 Å². The van der Waals surface area contributed by atoms with E-state index in [2.05, 4.69) is 10.8 Å². The summed E-state index contributed by atoms with van der Waals surface area (Å²) in [6.45, 7) is 2.01. The summed E-state index contributed by atoms with van der Waals surface area (Å²) in [6.07, 6.45) is 0.929. The summed E-state index contributed by atoms with van der Waals surface area (Å²) in [4.78, 5) is 11.9. The van der Waals surface area contributed by atoms with E-state index in [-0.39, 0.29) is 22.7 Å². The largest absolute Gasteiger partial charge is 0.477 e. The molecule has 0 radical (unpaired) electrons. The number of hydrogen-bond acceptors (Lipinski definition) is 5. The topological polar surface area (TPSA) is 136 Å². The summed E-state index contributed by atoms with van der Waals surface area (Å²) < 4.78 is 29.0. The molecule has 168 valence electrons. The van der Waals surface area contributed by atoms with Crippen LogP contribution in [0.4, 0.5) is 0 Å². The monoisotopic (exact) mass is 462 g/mol. The van der Waals surface area contributed by atoms with E-state index in [0.29, 0.717) is 35.2 Å². The lowest BCUT2D eigenvalue weighted by atomic mass is 9.98. The predicted molar refractivity (Wildman–Crippen MR) is 122 cm³/mol. The second-order valence-corrected chi connectivity index (χ2v) is 9.13. The molecule has 3 rings (SSSR count). The number of carbonyl (C=O) groups is 1. The lowest BCUT2D eigenvalue weighted by Crippen LogP contribution is -2.26. The third-order valence-electron chi connectivity index (χ3n) is 5.39.